The van der Waals surface area contributed by atoms with E-state index in [2.05, 4.69) is 52.3 Å². The Hall–Kier alpha value is -4.05. The second kappa shape index (κ2) is 14.2. The molecule has 0 atom stereocenters. The Morgan fingerprint density at radius 1 is 1.00 bits per heavy atom. The van der Waals surface area contributed by atoms with Gasteiger partial charge in [-0.25, -0.2) is 13.4 Å². The molecule has 0 radical (unpaired) electrons. The van der Waals surface area contributed by atoms with Crippen LogP contribution in [0.4, 0.5) is 34.6 Å². The molecule has 256 valence electrons. The van der Waals surface area contributed by atoms with E-state index in [1.165, 1.54) is 16.7 Å². The molecule has 2 saturated heterocycles. The lowest BCUT2D eigenvalue weighted by Gasteiger charge is -2.42. The molecule has 4 aromatic rings. The van der Waals surface area contributed by atoms with Crippen LogP contribution in [0.1, 0.15) is 25.3 Å². The monoisotopic (exact) mass is 695 g/mol. The van der Waals surface area contributed by atoms with Gasteiger partial charge in [-0.2, -0.15) is 9.97 Å². The van der Waals surface area contributed by atoms with E-state index in [9.17, 15) is 8.42 Å². The van der Waals surface area contributed by atoms with E-state index in [0.29, 0.717) is 40.0 Å². The molecule has 0 saturated carbocycles. The SMILES string of the molecule is CCN(c1c(Nc2nc(Nc3cc(C)c(N4CCC(N5CCN(C)CC5)CC4)nc3OC)ncc2Cl)ccc2nccnc12)S(C)(=O)=O. The summed E-state index contributed by atoms with van der Waals surface area (Å²) in [4.78, 5) is 30.1. The van der Waals surface area contributed by atoms with Gasteiger partial charge in [-0.05, 0) is 57.5 Å². The predicted octanol–water partition coefficient (Wildman–Crippen LogP) is 4.27. The van der Waals surface area contributed by atoms with Crippen molar-refractivity contribution in [1.29, 1.82) is 0 Å². The molecule has 3 aromatic heterocycles. The molecule has 0 unspecified atom stereocenters. The van der Waals surface area contributed by atoms with Crippen LogP contribution in [0.25, 0.3) is 11.0 Å². The number of piperidine rings is 1. The summed E-state index contributed by atoms with van der Waals surface area (Å²) in [5.74, 6) is 1.85. The Morgan fingerprint density at radius 3 is 2.42 bits per heavy atom. The van der Waals surface area contributed by atoms with Gasteiger partial charge in [0.15, 0.2) is 5.82 Å². The minimum Gasteiger partial charge on any atom is -0.479 e. The summed E-state index contributed by atoms with van der Waals surface area (Å²) in [5, 5.41) is 6.69. The summed E-state index contributed by atoms with van der Waals surface area (Å²) >= 11 is 6.56. The molecule has 48 heavy (non-hydrogen) atoms. The van der Waals surface area contributed by atoms with Crippen LogP contribution < -0.4 is 24.6 Å². The lowest BCUT2D eigenvalue weighted by molar-refractivity contribution is 0.0981. The third-order valence-corrected chi connectivity index (χ3v) is 10.5. The van der Waals surface area contributed by atoms with Crippen molar-refractivity contribution in [3.8, 4) is 5.88 Å². The number of nitrogens with one attached hydrogen (secondary N) is 2. The second-order valence-corrected chi connectivity index (χ2v) is 14.5. The number of aromatic nitrogens is 5. The van der Waals surface area contributed by atoms with Gasteiger partial charge in [0.25, 0.3) is 0 Å². The van der Waals surface area contributed by atoms with Gasteiger partial charge in [0.1, 0.15) is 27.7 Å². The number of nitrogens with zero attached hydrogens (tertiary/aromatic N) is 9. The highest BCUT2D eigenvalue weighted by Gasteiger charge is 2.29. The average Bonchev–Trinajstić information content (AvgIpc) is 3.07. The fourth-order valence-corrected chi connectivity index (χ4v) is 7.60. The van der Waals surface area contributed by atoms with Crippen LogP contribution >= 0.6 is 11.6 Å². The topological polar surface area (TPSA) is 145 Å². The molecule has 0 spiro atoms. The van der Waals surface area contributed by atoms with Crippen molar-refractivity contribution in [3.05, 3.63) is 47.4 Å². The Morgan fingerprint density at radius 2 is 1.73 bits per heavy atom. The molecule has 2 fully saturated rings. The van der Waals surface area contributed by atoms with Crippen LogP contribution in [0.2, 0.25) is 5.02 Å². The summed E-state index contributed by atoms with van der Waals surface area (Å²) in [7, 11) is 0.134. The zero-order valence-corrected chi connectivity index (χ0v) is 29.5. The largest absolute Gasteiger partial charge is 0.479 e. The third-order valence-electron chi connectivity index (χ3n) is 8.96. The Balaban J connectivity index is 1.23. The quantitative estimate of drug-likeness (QED) is 0.244. The van der Waals surface area contributed by atoms with Gasteiger partial charge < -0.3 is 25.2 Å². The number of methoxy groups -OCH3 is 1. The summed E-state index contributed by atoms with van der Waals surface area (Å²) in [6.07, 6.45) is 7.92. The number of benzene rings is 1. The maximum atomic E-state index is 12.8. The fraction of sp³-hybridized carbons (Fsp3) is 0.469. The first kappa shape index (κ1) is 33.8. The standard InChI is InChI=1S/C32H42ClN11O3S/c1-6-44(48(5,45)46)28-25(8-7-24-27(28)35-12-11-34-24)37-29-23(33)20-36-32(39-29)38-26-19-21(2)30(40-31(26)47-4)43-13-9-22(10-14-43)42-17-15-41(3)16-18-42/h7-8,11-12,19-20,22H,6,9-10,13-18H2,1-5H3,(H2,36,37,38,39). The van der Waals surface area contributed by atoms with Gasteiger partial charge in [0.2, 0.25) is 21.9 Å². The number of fused-ring (bicyclic) bond motifs is 1. The number of piperazine rings is 1. The van der Waals surface area contributed by atoms with Crippen molar-refractivity contribution in [2.24, 2.45) is 0 Å². The maximum Gasteiger partial charge on any atom is 0.239 e. The molecule has 0 amide bonds. The molecular formula is C32H42ClN11O3S. The fourth-order valence-electron chi connectivity index (χ4n) is 6.48. The van der Waals surface area contributed by atoms with Crippen LogP contribution in [0.3, 0.4) is 0 Å². The van der Waals surface area contributed by atoms with E-state index in [1.807, 2.05) is 13.0 Å². The van der Waals surface area contributed by atoms with Gasteiger partial charge in [-0.3, -0.25) is 19.2 Å². The summed E-state index contributed by atoms with van der Waals surface area (Å²) in [6, 6.07) is 6.09. The molecule has 2 N–H and O–H groups in total. The molecule has 14 nitrogen and oxygen atoms in total. The van der Waals surface area contributed by atoms with Gasteiger partial charge in [0.05, 0.1) is 30.8 Å². The molecule has 5 heterocycles. The predicted molar refractivity (Wildman–Crippen MR) is 191 cm³/mol. The lowest BCUT2D eigenvalue weighted by atomic mass is 10.0. The third kappa shape index (κ3) is 7.18. The molecule has 16 heteroatoms. The van der Waals surface area contributed by atoms with Crippen molar-refractivity contribution in [3.63, 3.8) is 0 Å². The number of pyridine rings is 1. The van der Waals surface area contributed by atoms with Crippen molar-refractivity contribution in [1.82, 2.24) is 34.7 Å². The molecule has 1 aromatic carbocycles. The highest BCUT2D eigenvalue weighted by Crippen LogP contribution is 2.38. The first-order valence-corrected chi connectivity index (χ1v) is 18.3. The van der Waals surface area contributed by atoms with Gasteiger partial charge in [-0.15, -0.1) is 0 Å². The zero-order chi connectivity index (χ0) is 34.0. The molecule has 0 bridgehead atoms. The number of rotatable bonds is 10. The molecular weight excluding hydrogens is 654 g/mol. The lowest BCUT2D eigenvalue weighted by Crippen LogP contribution is -2.52. The number of halogens is 1. The van der Waals surface area contributed by atoms with E-state index in [-0.39, 0.29) is 23.3 Å². The molecule has 0 aliphatic carbocycles. The maximum absolute atomic E-state index is 12.8. The summed E-state index contributed by atoms with van der Waals surface area (Å²) < 4.78 is 32.6. The van der Waals surface area contributed by atoms with Crippen molar-refractivity contribution in [2.75, 3.05) is 86.1 Å². The van der Waals surface area contributed by atoms with E-state index in [0.717, 1.165) is 69.7 Å². The van der Waals surface area contributed by atoms with Gasteiger partial charge >= 0.3 is 0 Å². The summed E-state index contributed by atoms with van der Waals surface area (Å²) in [6.45, 7) is 10.4. The van der Waals surface area contributed by atoms with Crippen LogP contribution in [0.15, 0.2) is 36.8 Å². The first-order valence-electron chi connectivity index (χ1n) is 16.1. The minimum atomic E-state index is -3.65. The van der Waals surface area contributed by atoms with Gasteiger partial charge in [0, 0.05) is 64.2 Å². The number of ether oxygens (including phenoxy) is 1. The first-order chi connectivity index (χ1) is 23.0. The van der Waals surface area contributed by atoms with E-state index >= 15 is 0 Å². The smallest absolute Gasteiger partial charge is 0.239 e. The van der Waals surface area contributed by atoms with E-state index < -0.39 is 10.0 Å². The number of likely N-dealkylation sites (N-methyl/N-ethyl adjacent to an activating group) is 1. The van der Waals surface area contributed by atoms with Crippen LogP contribution in [-0.4, -0.2) is 115 Å². The summed E-state index contributed by atoms with van der Waals surface area (Å²) in [5.41, 5.74) is 3.38. The van der Waals surface area contributed by atoms with Crippen molar-refractivity contribution >= 4 is 67.3 Å². The van der Waals surface area contributed by atoms with Crippen LogP contribution in [0.5, 0.6) is 5.88 Å². The van der Waals surface area contributed by atoms with Crippen molar-refractivity contribution < 1.29 is 13.2 Å². The highest BCUT2D eigenvalue weighted by atomic mass is 35.5. The van der Waals surface area contributed by atoms with E-state index in [4.69, 9.17) is 21.3 Å². The number of aryl methyl sites for hydroxylation is 1. The zero-order valence-electron chi connectivity index (χ0n) is 27.9. The number of anilines is 6. The molecule has 2 aliphatic heterocycles. The van der Waals surface area contributed by atoms with E-state index in [1.54, 1.807) is 32.4 Å². The number of sulfonamides is 1. The Bertz CT molecular complexity index is 1880. The normalized spacial score (nSPS) is 16.7. The minimum absolute atomic E-state index is 0.184. The molecule has 2 aliphatic rings. The Labute approximate surface area is 286 Å². The van der Waals surface area contributed by atoms with Gasteiger partial charge in [-0.1, -0.05) is 11.6 Å². The average molecular weight is 696 g/mol. The van der Waals surface area contributed by atoms with Crippen LogP contribution in [-0.2, 0) is 10.0 Å². The number of hydrogen-bond acceptors (Lipinski definition) is 13. The number of hydrogen-bond donors (Lipinski definition) is 2. The second-order valence-electron chi connectivity index (χ2n) is 12.2. The van der Waals surface area contributed by atoms with Crippen LogP contribution in [0, 0.1) is 6.92 Å². The highest BCUT2D eigenvalue weighted by molar-refractivity contribution is 7.92. The molecule has 6 rings (SSSR count). The van der Waals surface area contributed by atoms with Crippen molar-refractivity contribution in [2.45, 2.75) is 32.7 Å². The Kier molecular flexibility index (Phi) is 10.0.